The van der Waals surface area contributed by atoms with Crippen molar-refractivity contribution in [2.24, 2.45) is 0 Å². The quantitative estimate of drug-likeness (QED) is 0.165. The minimum absolute atomic E-state index is 0.0332. The standard InChI is InChI=1S/C65H66N4/c1-41-31-43(3)61(44(4)32-41)47-19-17-21-51(35-47)66-39-68(59-25-15-13-23-57(59)66)65(55-29-27-49(63(7,8)9)37-53(55)54-38-50(64(10,11)12)28-30-56(54)65)69-40-67(58-24-14-16-26-60(58)69)52-22-18-20-48(36-52)62-45(5)33-42(2)34-46(62)6/h13-38H,39-40H2,1-12H3. The average Bonchev–Trinajstić information content (AvgIpc) is 3.97. The first-order valence-corrected chi connectivity index (χ1v) is 24.9. The second-order valence-electron chi connectivity index (χ2n) is 22.3. The summed E-state index contributed by atoms with van der Waals surface area (Å²) in [6.45, 7) is 28.7. The predicted octanol–water partition coefficient (Wildman–Crippen LogP) is 16.9. The van der Waals surface area contributed by atoms with Crippen molar-refractivity contribution in [3.63, 3.8) is 0 Å². The van der Waals surface area contributed by atoms with Crippen molar-refractivity contribution in [2.45, 2.75) is 99.6 Å². The molecule has 0 fully saturated rings. The first kappa shape index (κ1) is 44.5. The summed E-state index contributed by atoms with van der Waals surface area (Å²) in [4.78, 5) is 10.6. The molecule has 8 aromatic rings. The molecule has 0 spiro atoms. The molecule has 4 heteroatoms. The van der Waals surface area contributed by atoms with E-state index in [1.165, 1.54) is 123 Å². The Labute approximate surface area is 411 Å². The number of benzene rings is 8. The lowest BCUT2D eigenvalue weighted by Crippen LogP contribution is -2.59. The maximum absolute atomic E-state index is 2.74. The molecule has 2 aliphatic heterocycles. The third-order valence-electron chi connectivity index (χ3n) is 15.3. The summed E-state index contributed by atoms with van der Waals surface area (Å²) in [6, 6.07) is 60.8. The molecule has 0 radical (unpaired) electrons. The lowest BCUT2D eigenvalue weighted by Gasteiger charge is -2.49. The summed E-state index contributed by atoms with van der Waals surface area (Å²) < 4.78 is 0. The Bertz CT molecular complexity index is 3090. The molecule has 0 aromatic heterocycles. The average molecular weight is 903 g/mol. The highest BCUT2D eigenvalue weighted by Crippen LogP contribution is 2.61. The molecule has 0 amide bonds. The number of anilines is 6. The number of para-hydroxylation sites is 4. The van der Waals surface area contributed by atoms with Crippen LogP contribution in [0.4, 0.5) is 34.1 Å². The van der Waals surface area contributed by atoms with Gasteiger partial charge in [-0.2, -0.15) is 0 Å². The molecule has 0 saturated heterocycles. The van der Waals surface area contributed by atoms with Gasteiger partial charge in [-0.25, -0.2) is 0 Å². The van der Waals surface area contributed by atoms with Gasteiger partial charge in [0.1, 0.15) is 0 Å². The van der Waals surface area contributed by atoms with E-state index in [1.54, 1.807) is 0 Å². The number of aryl methyl sites for hydroxylation is 6. The van der Waals surface area contributed by atoms with Crippen molar-refractivity contribution in [1.82, 2.24) is 0 Å². The molecule has 0 atom stereocenters. The monoisotopic (exact) mass is 903 g/mol. The maximum Gasteiger partial charge on any atom is 0.170 e. The van der Waals surface area contributed by atoms with Crippen LogP contribution in [0.15, 0.2) is 158 Å². The Hall–Kier alpha value is -7.04. The molecule has 11 rings (SSSR count). The molecule has 1 aliphatic carbocycles. The van der Waals surface area contributed by atoms with Crippen LogP contribution < -0.4 is 19.6 Å². The molecular weight excluding hydrogens is 837 g/mol. The lowest BCUT2D eigenvalue weighted by molar-refractivity contribution is 0.471. The van der Waals surface area contributed by atoms with Gasteiger partial charge in [0.2, 0.25) is 0 Å². The molecule has 3 aliphatic rings. The third kappa shape index (κ3) is 7.08. The second kappa shape index (κ2) is 16.0. The molecule has 69 heavy (non-hydrogen) atoms. The summed E-state index contributed by atoms with van der Waals surface area (Å²) in [5.41, 5.74) is 27.3. The van der Waals surface area contributed by atoms with Gasteiger partial charge in [-0.1, -0.05) is 162 Å². The summed E-state index contributed by atoms with van der Waals surface area (Å²) in [6.07, 6.45) is 0. The van der Waals surface area contributed by atoms with E-state index < -0.39 is 5.66 Å². The van der Waals surface area contributed by atoms with Crippen LogP contribution in [0.2, 0.25) is 0 Å². The van der Waals surface area contributed by atoms with Gasteiger partial charge in [0, 0.05) is 22.5 Å². The van der Waals surface area contributed by atoms with E-state index in [0.29, 0.717) is 13.3 Å². The van der Waals surface area contributed by atoms with Crippen LogP contribution in [0.1, 0.15) is 97.2 Å². The van der Waals surface area contributed by atoms with Crippen molar-refractivity contribution in [2.75, 3.05) is 32.9 Å². The Kier molecular flexibility index (Phi) is 10.3. The molecular formula is C65H66N4. The van der Waals surface area contributed by atoms with E-state index in [-0.39, 0.29) is 10.8 Å². The van der Waals surface area contributed by atoms with E-state index >= 15 is 0 Å². The van der Waals surface area contributed by atoms with E-state index in [1.807, 2.05) is 0 Å². The van der Waals surface area contributed by atoms with Gasteiger partial charge in [0.05, 0.1) is 36.1 Å². The van der Waals surface area contributed by atoms with E-state index in [2.05, 4.69) is 260 Å². The number of nitrogens with zero attached hydrogens (tertiary/aromatic N) is 4. The van der Waals surface area contributed by atoms with Gasteiger partial charge in [0.15, 0.2) is 5.66 Å². The normalized spacial score (nSPS) is 14.8. The van der Waals surface area contributed by atoms with Gasteiger partial charge >= 0.3 is 0 Å². The lowest BCUT2D eigenvalue weighted by atomic mass is 9.83. The first-order valence-electron chi connectivity index (χ1n) is 24.9. The summed E-state index contributed by atoms with van der Waals surface area (Å²) in [5.74, 6) is 0. The highest BCUT2D eigenvalue weighted by atomic mass is 15.5. The Morgan fingerprint density at radius 1 is 0.377 bits per heavy atom. The molecule has 8 aromatic carbocycles. The molecule has 346 valence electrons. The zero-order valence-electron chi connectivity index (χ0n) is 42.7. The van der Waals surface area contributed by atoms with Gasteiger partial charge in [-0.05, 0) is 168 Å². The van der Waals surface area contributed by atoms with Crippen LogP contribution in [0.5, 0.6) is 0 Å². The Morgan fingerprint density at radius 2 is 0.739 bits per heavy atom. The number of fused-ring (bicyclic) bond motifs is 5. The van der Waals surface area contributed by atoms with E-state index in [0.717, 1.165) is 0 Å². The molecule has 0 saturated carbocycles. The van der Waals surface area contributed by atoms with Crippen LogP contribution in [0.3, 0.4) is 0 Å². The van der Waals surface area contributed by atoms with Crippen LogP contribution in [-0.4, -0.2) is 13.3 Å². The number of hydrogen-bond donors (Lipinski definition) is 0. The minimum atomic E-state index is -0.753. The van der Waals surface area contributed by atoms with E-state index in [4.69, 9.17) is 0 Å². The minimum Gasteiger partial charge on any atom is -0.321 e. The van der Waals surface area contributed by atoms with Crippen LogP contribution in [0.25, 0.3) is 33.4 Å². The van der Waals surface area contributed by atoms with Gasteiger partial charge < -0.3 is 19.6 Å². The van der Waals surface area contributed by atoms with Crippen molar-refractivity contribution in [3.8, 4) is 33.4 Å². The van der Waals surface area contributed by atoms with Crippen molar-refractivity contribution >= 4 is 34.1 Å². The number of hydrogen-bond acceptors (Lipinski definition) is 4. The van der Waals surface area contributed by atoms with Gasteiger partial charge in [-0.3, -0.25) is 0 Å². The van der Waals surface area contributed by atoms with Gasteiger partial charge in [0.25, 0.3) is 0 Å². The van der Waals surface area contributed by atoms with Crippen molar-refractivity contribution in [3.05, 3.63) is 213 Å². The molecule has 0 unspecified atom stereocenters. The second-order valence-corrected chi connectivity index (χ2v) is 22.3. The third-order valence-corrected chi connectivity index (χ3v) is 15.3. The van der Waals surface area contributed by atoms with E-state index in [9.17, 15) is 0 Å². The van der Waals surface area contributed by atoms with Crippen molar-refractivity contribution in [1.29, 1.82) is 0 Å². The zero-order chi connectivity index (χ0) is 48.3. The van der Waals surface area contributed by atoms with Crippen LogP contribution in [-0.2, 0) is 16.5 Å². The first-order chi connectivity index (χ1) is 32.9. The zero-order valence-corrected chi connectivity index (χ0v) is 42.7. The fraction of sp³-hybridized carbons (Fsp3) is 0.262. The molecule has 2 heterocycles. The van der Waals surface area contributed by atoms with Crippen molar-refractivity contribution < 1.29 is 0 Å². The highest BCUT2D eigenvalue weighted by molar-refractivity contribution is 5.95. The molecule has 4 nitrogen and oxygen atoms in total. The summed E-state index contributed by atoms with van der Waals surface area (Å²) in [7, 11) is 0. The fourth-order valence-corrected chi connectivity index (χ4v) is 12.3. The molecule has 0 N–H and O–H groups in total. The smallest absolute Gasteiger partial charge is 0.170 e. The Balaban J connectivity index is 1.15. The van der Waals surface area contributed by atoms with Crippen LogP contribution in [0, 0.1) is 41.5 Å². The predicted molar refractivity (Wildman–Crippen MR) is 294 cm³/mol. The molecule has 0 bridgehead atoms. The number of rotatable bonds is 6. The van der Waals surface area contributed by atoms with Crippen LogP contribution >= 0.6 is 0 Å². The largest absolute Gasteiger partial charge is 0.321 e. The summed E-state index contributed by atoms with van der Waals surface area (Å²) >= 11 is 0. The topological polar surface area (TPSA) is 13.0 Å². The maximum atomic E-state index is 2.74. The highest BCUT2D eigenvalue weighted by Gasteiger charge is 2.57. The SMILES string of the molecule is Cc1cc(C)c(-c2cccc(N3CN(C4(N5CN(c6cccc(-c7c(C)cc(C)cc7C)c6)c6ccccc65)c5ccc(C(C)(C)C)cc5-c5cc(C(C)(C)C)ccc54)c4ccccc43)c2)c(C)c1. The summed E-state index contributed by atoms with van der Waals surface area (Å²) in [5, 5.41) is 0. The Morgan fingerprint density at radius 3 is 1.10 bits per heavy atom. The fourth-order valence-electron chi connectivity index (χ4n) is 12.3. The van der Waals surface area contributed by atoms with Gasteiger partial charge in [-0.15, -0.1) is 0 Å².